The Balaban J connectivity index is 4.28. The van der Waals surface area contributed by atoms with Gasteiger partial charge in [0.25, 0.3) is 0 Å². The summed E-state index contributed by atoms with van der Waals surface area (Å²) in [7, 11) is -4.38. The lowest BCUT2D eigenvalue weighted by molar-refractivity contribution is -0.161. The topological polar surface area (TPSA) is 134 Å². The molecule has 0 aromatic carbocycles. The smallest absolute Gasteiger partial charge is 0.462 e. The van der Waals surface area contributed by atoms with Gasteiger partial charge in [0.1, 0.15) is 6.61 Å². The van der Waals surface area contributed by atoms with E-state index in [0.717, 1.165) is 51.4 Å². The van der Waals surface area contributed by atoms with E-state index in [2.05, 4.69) is 50.3 Å². The Hall–Kier alpha value is -1.77. The molecule has 0 aromatic rings. The minimum atomic E-state index is -4.38. The molecule has 2 unspecified atom stereocenters. The molecule has 10 heteroatoms. The number of carbonyl (C=O) groups excluding carboxylic acids is 2. The summed E-state index contributed by atoms with van der Waals surface area (Å²) < 4.78 is 32.6. The van der Waals surface area contributed by atoms with Crippen molar-refractivity contribution in [2.45, 2.75) is 174 Å². The fraction of sp³-hybridized carbons (Fsp3) is 0.795. The summed E-state index contributed by atoms with van der Waals surface area (Å²) in [4.78, 5) is 34.7. The number of nitrogens with two attached hydrogens (primary N) is 1. The minimum Gasteiger partial charge on any atom is -0.462 e. The maximum absolute atomic E-state index is 12.5. The van der Waals surface area contributed by atoms with Crippen LogP contribution in [0.1, 0.15) is 168 Å². The highest BCUT2D eigenvalue weighted by molar-refractivity contribution is 7.47. The molecule has 0 saturated heterocycles. The average molecular weight is 714 g/mol. The number of unbranched alkanes of at least 4 members (excludes halogenated alkanes) is 17. The summed E-state index contributed by atoms with van der Waals surface area (Å²) in [6.07, 6.45) is 37.4. The molecule has 9 nitrogen and oxygen atoms in total. The van der Waals surface area contributed by atoms with E-state index in [1.54, 1.807) is 0 Å². The summed E-state index contributed by atoms with van der Waals surface area (Å²) in [6, 6.07) is 0. The summed E-state index contributed by atoms with van der Waals surface area (Å²) in [5.74, 6) is -0.873. The number of phosphoric acid groups is 1. The zero-order chi connectivity index (χ0) is 36.1. The van der Waals surface area contributed by atoms with Crippen LogP contribution in [-0.4, -0.2) is 49.3 Å². The molecule has 0 radical (unpaired) electrons. The zero-order valence-corrected chi connectivity index (χ0v) is 32.1. The predicted molar refractivity (Wildman–Crippen MR) is 201 cm³/mol. The Labute approximate surface area is 299 Å². The first-order valence-electron chi connectivity index (χ1n) is 19.5. The molecule has 0 aliphatic rings. The first-order valence-corrected chi connectivity index (χ1v) is 21.0. The van der Waals surface area contributed by atoms with E-state index in [9.17, 15) is 19.0 Å². The minimum absolute atomic E-state index is 0.0486. The lowest BCUT2D eigenvalue weighted by Gasteiger charge is -2.19. The molecule has 3 N–H and O–H groups in total. The van der Waals surface area contributed by atoms with Crippen molar-refractivity contribution < 1.29 is 37.6 Å². The van der Waals surface area contributed by atoms with Gasteiger partial charge in [-0.15, -0.1) is 0 Å². The number of esters is 2. The van der Waals surface area contributed by atoms with Gasteiger partial charge >= 0.3 is 19.8 Å². The third-order valence-corrected chi connectivity index (χ3v) is 9.01. The van der Waals surface area contributed by atoms with E-state index in [0.29, 0.717) is 12.8 Å². The van der Waals surface area contributed by atoms with Gasteiger partial charge in [-0.3, -0.25) is 18.6 Å². The van der Waals surface area contributed by atoms with Gasteiger partial charge in [-0.1, -0.05) is 140 Å². The molecule has 0 spiro atoms. The third-order valence-electron chi connectivity index (χ3n) is 8.03. The number of hydrogen-bond acceptors (Lipinski definition) is 8. The summed E-state index contributed by atoms with van der Waals surface area (Å²) in [6.45, 7) is 3.65. The average Bonchev–Trinajstić information content (AvgIpc) is 3.08. The van der Waals surface area contributed by atoms with Gasteiger partial charge in [-0.05, 0) is 51.4 Å². The zero-order valence-electron chi connectivity index (χ0n) is 31.2. The van der Waals surface area contributed by atoms with E-state index in [4.69, 9.17) is 24.3 Å². The van der Waals surface area contributed by atoms with Crippen LogP contribution in [0.3, 0.4) is 0 Å². The van der Waals surface area contributed by atoms with Crippen molar-refractivity contribution in [3.63, 3.8) is 0 Å². The van der Waals surface area contributed by atoms with Crippen molar-refractivity contribution in [1.29, 1.82) is 0 Å². The molecule has 0 aliphatic carbocycles. The van der Waals surface area contributed by atoms with Crippen molar-refractivity contribution in [2.75, 3.05) is 26.4 Å². The lowest BCUT2D eigenvalue weighted by Crippen LogP contribution is -2.29. The van der Waals surface area contributed by atoms with E-state index in [-0.39, 0.29) is 32.6 Å². The first-order chi connectivity index (χ1) is 23.8. The maximum atomic E-state index is 12.5. The van der Waals surface area contributed by atoms with Gasteiger partial charge < -0.3 is 20.1 Å². The van der Waals surface area contributed by atoms with Crippen molar-refractivity contribution >= 4 is 19.8 Å². The molecule has 286 valence electrons. The molecular formula is C39H72NO8P. The van der Waals surface area contributed by atoms with Crippen LogP contribution >= 0.6 is 7.82 Å². The van der Waals surface area contributed by atoms with Crippen LogP contribution < -0.4 is 5.73 Å². The molecule has 0 saturated carbocycles. The van der Waals surface area contributed by atoms with Crippen LogP contribution in [0.2, 0.25) is 0 Å². The highest BCUT2D eigenvalue weighted by Crippen LogP contribution is 2.43. The van der Waals surface area contributed by atoms with Crippen LogP contribution in [-0.2, 0) is 32.7 Å². The van der Waals surface area contributed by atoms with E-state index >= 15 is 0 Å². The maximum Gasteiger partial charge on any atom is 0.472 e. The summed E-state index contributed by atoms with van der Waals surface area (Å²) >= 11 is 0. The number of hydrogen-bond donors (Lipinski definition) is 2. The standard InChI is InChI=1S/C39H72NO8P/c1-3-5-7-9-11-13-15-17-18-20-21-23-25-27-29-31-38(41)45-35-37(36-47-49(43,44)46-34-33-40)48-39(42)32-30-28-26-24-22-19-16-14-12-10-8-6-4-2/h11,13,17-18,21,23,37H,3-10,12,14-16,19-20,22,24-36,40H2,1-2H3,(H,43,44). The van der Waals surface area contributed by atoms with Crippen LogP contribution in [0.4, 0.5) is 0 Å². The van der Waals surface area contributed by atoms with Gasteiger partial charge in [-0.25, -0.2) is 4.57 Å². The second kappa shape index (κ2) is 36.0. The SMILES string of the molecule is CCCCCC=CCC=CCC=CCCCCC(=O)OCC(COP(=O)(O)OCCN)OC(=O)CCCCCCCCCCCCCCC. The molecule has 49 heavy (non-hydrogen) atoms. The van der Waals surface area contributed by atoms with Crippen LogP contribution in [0.5, 0.6) is 0 Å². The molecule has 0 bridgehead atoms. The van der Waals surface area contributed by atoms with Crippen molar-refractivity contribution in [3.8, 4) is 0 Å². The Kier molecular flexibility index (Phi) is 34.7. The Morgan fingerprint density at radius 3 is 1.61 bits per heavy atom. The number of rotatable bonds is 36. The quantitative estimate of drug-likeness (QED) is 0.0281. The Bertz CT molecular complexity index is 907. The second-order valence-electron chi connectivity index (χ2n) is 12.8. The lowest BCUT2D eigenvalue weighted by atomic mass is 10.0. The Morgan fingerprint density at radius 2 is 1.06 bits per heavy atom. The van der Waals surface area contributed by atoms with Gasteiger partial charge in [0, 0.05) is 19.4 Å². The molecule has 0 heterocycles. The van der Waals surface area contributed by atoms with Crippen molar-refractivity contribution in [3.05, 3.63) is 36.5 Å². The molecule has 0 aromatic heterocycles. The van der Waals surface area contributed by atoms with Crippen molar-refractivity contribution in [2.24, 2.45) is 5.73 Å². The summed E-state index contributed by atoms with van der Waals surface area (Å²) in [5.41, 5.74) is 5.33. The van der Waals surface area contributed by atoms with Crippen LogP contribution in [0, 0.1) is 0 Å². The number of carbonyl (C=O) groups is 2. The number of ether oxygens (including phenoxy) is 2. The molecular weight excluding hydrogens is 641 g/mol. The molecule has 0 rings (SSSR count). The fourth-order valence-corrected chi connectivity index (χ4v) is 5.88. The highest BCUT2D eigenvalue weighted by atomic mass is 31.2. The molecule has 0 amide bonds. The molecule has 0 fully saturated rings. The normalized spacial score (nSPS) is 13.8. The third kappa shape index (κ3) is 35.8. The van der Waals surface area contributed by atoms with Gasteiger partial charge in [0.05, 0.1) is 13.2 Å². The monoisotopic (exact) mass is 713 g/mol. The summed E-state index contributed by atoms with van der Waals surface area (Å²) in [5, 5.41) is 0. The fourth-order valence-electron chi connectivity index (χ4n) is 5.11. The van der Waals surface area contributed by atoms with Crippen molar-refractivity contribution in [1.82, 2.24) is 0 Å². The van der Waals surface area contributed by atoms with Gasteiger partial charge in [0.2, 0.25) is 0 Å². The van der Waals surface area contributed by atoms with E-state index in [1.165, 1.54) is 77.0 Å². The Morgan fingerprint density at radius 1 is 0.612 bits per heavy atom. The van der Waals surface area contributed by atoms with Gasteiger partial charge in [0.15, 0.2) is 6.10 Å². The van der Waals surface area contributed by atoms with E-state index < -0.39 is 32.5 Å². The first kappa shape index (κ1) is 47.2. The number of allylic oxidation sites excluding steroid dienone is 6. The van der Waals surface area contributed by atoms with Crippen LogP contribution in [0.25, 0.3) is 0 Å². The predicted octanol–water partition coefficient (Wildman–Crippen LogP) is 10.6. The second-order valence-corrected chi connectivity index (χ2v) is 14.3. The highest BCUT2D eigenvalue weighted by Gasteiger charge is 2.25. The molecule has 2 atom stereocenters. The largest absolute Gasteiger partial charge is 0.472 e. The van der Waals surface area contributed by atoms with Gasteiger partial charge in [-0.2, -0.15) is 0 Å². The van der Waals surface area contributed by atoms with E-state index in [1.807, 2.05) is 0 Å². The molecule has 0 aliphatic heterocycles. The number of phosphoric ester groups is 1. The van der Waals surface area contributed by atoms with Crippen LogP contribution in [0.15, 0.2) is 36.5 Å².